The molecule has 1 spiro atoms. The zero-order chi connectivity index (χ0) is 14.9. The molecule has 21 heavy (non-hydrogen) atoms. The second kappa shape index (κ2) is 6.08. The van der Waals surface area contributed by atoms with Crippen LogP contribution in [0, 0.1) is 13.7 Å². The molecule has 2 fully saturated rings. The van der Waals surface area contributed by atoms with Gasteiger partial charge >= 0.3 is 0 Å². The molecule has 2 aliphatic rings. The minimum atomic E-state index is -0.240. The fourth-order valence-corrected chi connectivity index (χ4v) is 4.22. The van der Waals surface area contributed by atoms with Crippen LogP contribution in [0.1, 0.15) is 32.1 Å². The van der Waals surface area contributed by atoms with Gasteiger partial charge in [-0.1, -0.05) is 19.3 Å². The molecular formula is C15H20IN3O2. The largest absolute Gasteiger partial charge is 0.358 e. The van der Waals surface area contributed by atoms with Gasteiger partial charge in [-0.3, -0.25) is 10.1 Å². The number of nitrogens with one attached hydrogen (secondary N) is 1. The quantitative estimate of drug-likeness (QED) is 0.470. The first-order chi connectivity index (χ1) is 10.1. The van der Waals surface area contributed by atoms with Crippen molar-refractivity contribution in [1.29, 1.82) is 0 Å². The Morgan fingerprint density at radius 2 is 2.05 bits per heavy atom. The van der Waals surface area contributed by atoms with E-state index in [1.54, 1.807) is 6.07 Å². The molecule has 1 saturated carbocycles. The first kappa shape index (κ1) is 15.0. The molecule has 5 nitrogen and oxygen atoms in total. The number of hydrogen-bond acceptors (Lipinski definition) is 4. The van der Waals surface area contributed by atoms with E-state index in [-0.39, 0.29) is 16.1 Å². The number of benzene rings is 1. The van der Waals surface area contributed by atoms with Gasteiger partial charge in [0.15, 0.2) is 0 Å². The second-order valence-electron chi connectivity index (χ2n) is 6.00. The third kappa shape index (κ3) is 2.88. The highest BCUT2D eigenvalue weighted by molar-refractivity contribution is 14.1. The fraction of sp³-hybridized carbons (Fsp3) is 0.600. The molecule has 1 heterocycles. The molecule has 0 bridgehead atoms. The molecule has 1 aliphatic heterocycles. The van der Waals surface area contributed by atoms with Gasteiger partial charge < -0.3 is 10.2 Å². The molecule has 0 atom stereocenters. The van der Waals surface area contributed by atoms with Crippen molar-refractivity contribution >= 4 is 34.0 Å². The van der Waals surface area contributed by atoms with E-state index in [1.165, 1.54) is 19.3 Å². The summed E-state index contributed by atoms with van der Waals surface area (Å²) >= 11 is 2.14. The van der Waals surface area contributed by atoms with Crippen LogP contribution in [0.3, 0.4) is 0 Å². The lowest BCUT2D eigenvalue weighted by molar-refractivity contribution is -0.384. The van der Waals surface area contributed by atoms with Crippen LogP contribution in [0.15, 0.2) is 18.2 Å². The van der Waals surface area contributed by atoms with E-state index >= 15 is 0 Å². The van der Waals surface area contributed by atoms with Gasteiger partial charge in [0.1, 0.15) is 5.69 Å². The first-order valence-corrected chi connectivity index (χ1v) is 8.63. The molecule has 1 saturated heterocycles. The number of anilines is 1. The Bertz CT molecular complexity index is 535. The molecule has 0 amide bonds. The number of halogens is 1. The van der Waals surface area contributed by atoms with Crippen molar-refractivity contribution < 1.29 is 4.92 Å². The van der Waals surface area contributed by atoms with Crippen molar-refractivity contribution in [2.75, 3.05) is 24.5 Å². The summed E-state index contributed by atoms with van der Waals surface area (Å²) in [6, 6.07) is 5.59. The van der Waals surface area contributed by atoms with Crippen LogP contribution in [0.5, 0.6) is 0 Å². The van der Waals surface area contributed by atoms with Crippen molar-refractivity contribution in [3.05, 3.63) is 31.9 Å². The maximum atomic E-state index is 11.4. The molecule has 1 aromatic carbocycles. The molecule has 0 unspecified atom stereocenters. The Labute approximate surface area is 138 Å². The monoisotopic (exact) mass is 401 g/mol. The van der Waals surface area contributed by atoms with Crippen LogP contribution in [0.2, 0.25) is 0 Å². The number of hydrogen-bond donors (Lipinski definition) is 1. The van der Waals surface area contributed by atoms with Gasteiger partial charge in [-0.15, -0.1) is 0 Å². The lowest BCUT2D eigenvalue weighted by Gasteiger charge is -2.50. The van der Waals surface area contributed by atoms with Crippen molar-refractivity contribution in [3.63, 3.8) is 0 Å². The average Bonchev–Trinajstić information content (AvgIpc) is 2.49. The predicted octanol–water partition coefficient (Wildman–Crippen LogP) is 3.31. The van der Waals surface area contributed by atoms with Crippen LogP contribution >= 0.6 is 22.6 Å². The summed E-state index contributed by atoms with van der Waals surface area (Å²) in [5.41, 5.74) is 1.10. The normalized spacial score (nSPS) is 21.5. The highest BCUT2D eigenvalue weighted by Gasteiger charge is 2.41. The number of rotatable bonds is 2. The highest BCUT2D eigenvalue weighted by atomic mass is 127. The van der Waals surface area contributed by atoms with E-state index in [0.29, 0.717) is 0 Å². The smallest absolute Gasteiger partial charge is 0.293 e. The summed E-state index contributed by atoms with van der Waals surface area (Å²) in [6.45, 7) is 2.68. The minimum Gasteiger partial charge on any atom is -0.358 e. The number of nitrogens with zero attached hydrogens (tertiary/aromatic N) is 2. The van der Waals surface area contributed by atoms with Gasteiger partial charge in [-0.2, -0.15) is 0 Å². The van der Waals surface area contributed by atoms with Crippen molar-refractivity contribution in [1.82, 2.24) is 5.32 Å². The van der Waals surface area contributed by atoms with E-state index in [4.69, 9.17) is 0 Å². The molecule has 1 N–H and O–H groups in total. The average molecular weight is 401 g/mol. The van der Waals surface area contributed by atoms with Gasteiger partial charge in [0.2, 0.25) is 0 Å². The van der Waals surface area contributed by atoms with Crippen molar-refractivity contribution in [3.8, 4) is 0 Å². The van der Waals surface area contributed by atoms with Crippen LogP contribution in [0.4, 0.5) is 11.4 Å². The van der Waals surface area contributed by atoms with Gasteiger partial charge in [-0.25, -0.2) is 0 Å². The molecule has 3 rings (SSSR count). The second-order valence-corrected chi connectivity index (χ2v) is 7.25. The van der Waals surface area contributed by atoms with Crippen LogP contribution < -0.4 is 10.2 Å². The zero-order valence-corrected chi connectivity index (χ0v) is 14.1. The molecule has 1 aromatic rings. The van der Waals surface area contributed by atoms with Gasteiger partial charge in [0.25, 0.3) is 5.69 Å². The molecule has 0 radical (unpaired) electrons. The summed E-state index contributed by atoms with van der Waals surface area (Å²) in [7, 11) is 0. The van der Waals surface area contributed by atoms with E-state index in [1.807, 2.05) is 12.1 Å². The third-order valence-corrected chi connectivity index (χ3v) is 5.42. The summed E-state index contributed by atoms with van der Waals surface area (Å²) < 4.78 is 0.913. The summed E-state index contributed by atoms with van der Waals surface area (Å²) in [5.74, 6) is 0. The van der Waals surface area contributed by atoms with E-state index < -0.39 is 0 Å². The van der Waals surface area contributed by atoms with Crippen LogP contribution in [-0.2, 0) is 0 Å². The topological polar surface area (TPSA) is 58.4 Å². The summed E-state index contributed by atoms with van der Waals surface area (Å²) in [6.07, 6.45) is 5.98. The molecular weight excluding hydrogens is 381 g/mol. The minimum absolute atomic E-state index is 0.0635. The number of piperazine rings is 1. The zero-order valence-electron chi connectivity index (χ0n) is 12.0. The third-order valence-electron chi connectivity index (χ3n) is 4.75. The van der Waals surface area contributed by atoms with Crippen LogP contribution in [-0.4, -0.2) is 30.1 Å². The van der Waals surface area contributed by atoms with E-state index in [9.17, 15) is 10.1 Å². The van der Waals surface area contributed by atoms with Gasteiger partial charge in [0, 0.05) is 29.3 Å². The lowest BCUT2D eigenvalue weighted by Crippen LogP contribution is -2.62. The van der Waals surface area contributed by atoms with Crippen molar-refractivity contribution in [2.24, 2.45) is 0 Å². The van der Waals surface area contributed by atoms with Gasteiger partial charge in [-0.05, 0) is 47.6 Å². The van der Waals surface area contributed by atoms with E-state index in [2.05, 4.69) is 32.8 Å². The summed E-state index contributed by atoms with van der Waals surface area (Å²) in [5, 5.41) is 14.9. The standard InChI is InChI=1S/C15H20IN3O2/c16-12-4-5-13(14(10-12)19(20)21)18-9-8-17-11-15(18)6-2-1-3-7-15/h4-5,10,17H,1-3,6-9,11H2. The van der Waals surface area contributed by atoms with Crippen LogP contribution in [0.25, 0.3) is 0 Å². The maximum Gasteiger partial charge on any atom is 0.293 e. The number of nitro benzene ring substituents is 1. The lowest BCUT2D eigenvalue weighted by atomic mass is 9.78. The Morgan fingerprint density at radius 1 is 1.29 bits per heavy atom. The Hall–Kier alpha value is -0.890. The predicted molar refractivity (Wildman–Crippen MR) is 91.8 cm³/mol. The van der Waals surface area contributed by atoms with Crippen molar-refractivity contribution in [2.45, 2.75) is 37.6 Å². The summed E-state index contributed by atoms with van der Waals surface area (Å²) in [4.78, 5) is 13.5. The van der Waals surface area contributed by atoms with E-state index in [0.717, 1.165) is 41.7 Å². The Balaban J connectivity index is 2.02. The Morgan fingerprint density at radius 3 is 2.76 bits per heavy atom. The SMILES string of the molecule is O=[N+]([O-])c1cc(I)ccc1N1CCNCC12CCCCC2. The fourth-order valence-electron chi connectivity index (χ4n) is 3.75. The molecule has 1 aliphatic carbocycles. The molecule has 114 valence electrons. The highest BCUT2D eigenvalue weighted by Crippen LogP contribution is 2.41. The first-order valence-electron chi connectivity index (χ1n) is 7.55. The molecule has 6 heteroatoms. The Kier molecular flexibility index (Phi) is 4.35. The molecule has 0 aromatic heterocycles. The maximum absolute atomic E-state index is 11.4. The number of nitro groups is 1. The van der Waals surface area contributed by atoms with Gasteiger partial charge in [0.05, 0.1) is 10.5 Å².